The van der Waals surface area contributed by atoms with Gasteiger partial charge in [-0.2, -0.15) is 0 Å². The van der Waals surface area contributed by atoms with Gasteiger partial charge in [0.05, 0.1) is 6.33 Å². The first-order chi connectivity index (χ1) is 11.0. The number of nitrogens with zero attached hydrogens (tertiary/aromatic N) is 3. The van der Waals surface area contributed by atoms with Gasteiger partial charge in [0, 0.05) is 14.2 Å². The van der Waals surface area contributed by atoms with E-state index in [2.05, 4.69) is 19.9 Å². The minimum Gasteiger partial charge on any atom is -0.382 e. The van der Waals surface area contributed by atoms with Crippen LogP contribution >= 0.6 is 7.60 Å². The van der Waals surface area contributed by atoms with Crippen LogP contribution < -0.4 is 5.73 Å². The molecule has 2 aromatic heterocycles. The molecule has 2 atom stereocenters. The molecule has 0 amide bonds. The SMILES string of the molecule is COP(=O)(COC1C=CC(c2nc(N)c3[nH]cnc3n2)O1)OC. The fourth-order valence-corrected chi connectivity index (χ4v) is 2.70. The molecule has 3 heterocycles. The average molecular weight is 341 g/mol. The van der Waals surface area contributed by atoms with Crippen LogP contribution in [0.3, 0.4) is 0 Å². The molecular formula is C12H16N5O5P. The third kappa shape index (κ3) is 3.26. The maximum atomic E-state index is 11.9. The third-order valence-electron chi connectivity index (χ3n) is 3.26. The number of rotatable bonds is 6. The molecule has 11 heteroatoms. The van der Waals surface area contributed by atoms with E-state index in [0.29, 0.717) is 17.0 Å². The van der Waals surface area contributed by atoms with Gasteiger partial charge in [0.2, 0.25) is 0 Å². The standard InChI is InChI=1S/C12H16N5O5P/c1-19-23(18,20-2)6-21-8-4-3-7(22-8)11-16-10(13)9-12(17-11)15-5-14-9/h3-5,7-8H,6H2,1-2H3,(H3,13,14,15,16,17). The number of anilines is 1. The van der Waals surface area contributed by atoms with Gasteiger partial charge in [-0.3, -0.25) is 4.57 Å². The summed E-state index contributed by atoms with van der Waals surface area (Å²) in [7, 11) is -0.680. The molecular weight excluding hydrogens is 325 g/mol. The molecule has 0 aliphatic carbocycles. The Bertz CT molecular complexity index is 770. The van der Waals surface area contributed by atoms with Gasteiger partial charge in [-0.25, -0.2) is 15.0 Å². The molecule has 0 saturated carbocycles. The molecule has 124 valence electrons. The van der Waals surface area contributed by atoms with Gasteiger partial charge >= 0.3 is 7.60 Å². The third-order valence-corrected chi connectivity index (χ3v) is 4.84. The number of aromatic nitrogens is 4. The maximum absolute atomic E-state index is 11.9. The van der Waals surface area contributed by atoms with Crippen molar-refractivity contribution in [1.29, 1.82) is 0 Å². The Morgan fingerprint density at radius 3 is 2.87 bits per heavy atom. The van der Waals surface area contributed by atoms with Gasteiger partial charge in [0.25, 0.3) is 0 Å². The van der Waals surface area contributed by atoms with Crippen LogP contribution in [0.15, 0.2) is 18.5 Å². The smallest absolute Gasteiger partial charge is 0.355 e. The molecule has 3 N–H and O–H groups in total. The van der Waals surface area contributed by atoms with E-state index in [4.69, 9.17) is 24.3 Å². The van der Waals surface area contributed by atoms with Crippen LogP contribution in [0.5, 0.6) is 0 Å². The van der Waals surface area contributed by atoms with E-state index in [1.54, 1.807) is 12.2 Å². The first-order valence-electron chi connectivity index (χ1n) is 6.67. The Kier molecular flexibility index (Phi) is 4.42. The highest BCUT2D eigenvalue weighted by Crippen LogP contribution is 2.46. The van der Waals surface area contributed by atoms with Crippen molar-refractivity contribution in [3.63, 3.8) is 0 Å². The van der Waals surface area contributed by atoms with Crippen LogP contribution in [0.2, 0.25) is 0 Å². The fourth-order valence-electron chi connectivity index (χ4n) is 2.01. The predicted molar refractivity (Wildman–Crippen MR) is 80.4 cm³/mol. The van der Waals surface area contributed by atoms with Crippen LogP contribution in [0, 0.1) is 0 Å². The molecule has 10 nitrogen and oxygen atoms in total. The number of hydrogen-bond donors (Lipinski definition) is 2. The predicted octanol–water partition coefficient (Wildman–Crippen LogP) is 1.35. The lowest BCUT2D eigenvalue weighted by Crippen LogP contribution is -2.15. The lowest BCUT2D eigenvalue weighted by Gasteiger charge is -2.17. The van der Waals surface area contributed by atoms with E-state index in [9.17, 15) is 4.57 Å². The molecule has 0 radical (unpaired) electrons. The lowest BCUT2D eigenvalue weighted by molar-refractivity contribution is -0.111. The van der Waals surface area contributed by atoms with E-state index in [0.717, 1.165) is 0 Å². The highest BCUT2D eigenvalue weighted by molar-refractivity contribution is 7.53. The molecule has 2 aromatic rings. The number of fused-ring (bicyclic) bond motifs is 1. The maximum Gasteiger partial charge on any atom is 0.355 e. The molecule has 0 aromatic carbocycles. The van der Waals surface area contributed by atoms with Crippen LogP contribution in [0.25, 0.3) is 11.2 Å². The van der Waals surface area contributed by atoms with Gasteiger partial charge in [-0.15, -0.1) is 0 Å². The van der Waals surface area contributed by atoms with E-state index in [1.165, 1.54) is 20.5 Å². The molecule has 0 spiro atoms. The quantitative estimate of drug-likeness (QED) is 0.589. The first kappa shape index (κ1) is 16.0. The van der Waals surface area contributed by atoms with Crippen molar-refractivity contribution in [3.8, 4) is 0 Å². The minimum atomic E-state index is -3.26. The molecule has 0 fully saturated rings. The fraction of sp³-hybridized carbons (Fsp3) is 0.417. The molecule has 1 aliphatic heterocycles. The summed E-state index contributed by atoms with van der Waals surface area (Å²) in [5.41, 5.74) is 6.88. The second-order valence-corrected chi connectivity index (χ2v) is 6.86. The van der Waals surface area contributed by atoms with Crippen LogP contribution in [-0.2, 0) is 23.1 Å². The largest absolute Gasteiger partial charge is 0.382 e. The first-order valence-corrected chi connectivity index (χ1v) is 8.40. The number of imidazole rings is 1. The van der Waals surface area contributed by atoms with Gasteiger partial charge in [-0.05, 0) is 12.2 Å². The topological polar surface area (TPSA) is 134 Å². The molecule has 23 heavy (non-hydrogen) atoms. The Hall–Kier alpha value is -1.84. The van der Waals surface area contributed by atoms with E-state index in [-0.39, 0.29) is 12.2 Å². The van der Waals surface area contributed by atoms with Crippen molar-refractivity contribution in [1.82, 2.24) is 19.9 Å². The molecule has 3 rings (SSSR count). The van der Waals surface area contributed by atoms with Crippen molar-refractivity contribution in [2.75, 3.05) is 26.3 Å². The number of ether oxygens (including phenoxy) is 2. The van der Waals surface area contributed by atoms with E-state index >= 15 is 0 Å². The summed E-state index contributed by atoms with van der Waals surface area (Å²) in [6.45, 7) is 0. The molecule has 0 saturated heterocycles. The zero-order valence-corrected chi connectivity index (χ0v) is 13.4. The highest BCUT2D eigenvalue weighted by atomic mass is 31.2. The Labute approximate surface area is 131 Å². The van der Waals surface area contributed by atoms with E-state index in [1.807, 2.05) is 0 Å². The Morgan fingerprint density at radius 2 is 2.13 bits per heavy atom. The Morgan fingerprint density at radius 1 is 1.35 bits per heavy atom. The number of aromatic amines is 1. The van der Waals surface area contributed by atoms with Gasteiger partial charge in [0.1, 0.15) is 11.6 Å². The second-order valence-electron chi connectivity index (χ2n) is 4.65. The zero-order chi connectivity index (χ0) is 16.4. The normalized spacial score (nSPS) is 21.3. The van der Waals surface area contributed by atoms with Gasteiger partial charge < -0.3 is 29.2 Å². The monoisotopic (exact) mass is 341 g/mol. The summed E-state index contributed by atoms with van der Waals surface area (Å²) >= 11 is 0. The summed E-state index contributed by atoms with van der Waals surface area (Å²) in [6, 6.07) is 0. The number of nitrogens with two attached hydrogens (primary N) is 1. The highest BCUT2D eigenvalue weighted by Gasteiger charge is 2.28. The van der Waals surface area contributed by atoms with E-state index < -0.39 is 20.0 Å². The summed E-state index contributed by atoms with van der Waals surface area (Å²) in [5.74, 6) is 0.651. The van der Waals surface area contributed by atoms with Gasteiger partial charge in [0.15, 0.2) is 29.9 Å². The number of nitrogens with one attached hydrogen (secondary N) is 1. The number of H-pyrrole nitrogens is 1. The molecule has 0 bridgehead atoms. The van der Waals surface area contributed by atoms with Crippen LogP contribution in [0.4, 0.5) is 5.82 Å². The van der Waals surface area contributed by atoms with Crippen molar-refractivity contribution in [3.05, 3.63) is 24.3 Å². The average Bonchev–Trinajstić information content (AvgIpc) is 3.21. The van der Waals surface area contributed by atoms with Gasteiger partial charge in [-0.1, -0.05) is 0 Å². The Balaban J connectivity index is 1.67. The van der Waals surface area contributed by atoms with Crippen molar-refractivity contribution >= 4 is 24.6 Å². The number of nitrogen functional groups attached to an aromatic ring is 1. The summed E-state index contributed by atoms with van der Waals surface area (Å²) in [4.78, 5) is 15.4. The van der Waals surface area contributed by atoms with Crippen molar-refractivity contribution in [2.45, 2.75) is 12.4 Å². The summed E-state index contributed by atoms with van der Waals surface area (Å²) in [6.07, 6.45) is 3.40. The second kappa shape index (κ2) is 6.34. The molecule has 1 aliphatic rings. The zero-order valence-electron chi connectivity index (χ0n) is 12.5. The van der Waals surface area contributed by atoms with Crippen LogP contribution in [-0.4, -0.2) is 46.8 Å². The van der Waals surface area contributed by atoms with Crippen molar-refractivity contribution < 1.29 is 23.1 Å². The lowest BCUT2D eigenvalue weighted by atomic mass is 10.3. The molecule has 2 unspecified atom stereocenters. The van der Waals surface area contributed by atoms with Crippen molar-refractivity contribution in [2.24, 2.45) is 0 Å². The minimum absolute atomic E-state index is 0.233. The summed E-state index contributed by atoms with van der Waals surface area (Å²) in [5, 5.41) is 0. The number of hydrogen-bond acceptors (Lipinski definition) is 9. The van der Waals surface area contributed by atoms with Crippen LogP contribution in [0.1, 0.15) is 11.9 Å². The summed E-state index contributed by atoms with van der Waals surface area (Å²) < 4.78 is 32.5.